The Morgan fingerprint density at radius 2 is 1.79 bits per heavy atom. The Labute approximate surface area is 108 Å². The molecule has 0 N–H and O–H groups in total. The number of aromatic nitrogens is 1. The number of halogens is 2. The number of nitrogens with zero attached hydrogens (tertiary/aromatic N) is 3. The smallest absolute Gasteiger partial charge is 0.141 e. The lowest BCUT2D eigenvalue weighted by Crippen LogP contribution is -1.97. The number of benzene rings is 1. The molecule has 0 amide bonds. The van der Waals surface area contributed by atoms with Crippen molar-refractivity contribution < 1.29 is 8.78 Å². The van der Waals surface area contributed by atoms with Gasteiger partial charge in [0.1, 0.15) is 29.5 Å². The van der Waals surface area contributed by atoms with E-state index in [0.717, 1.165) is 12.1 Å². The largest absolute Gasteiger partial charge is 0.241 e. The summed E-state index contributed by atoms with van der Waals surface area (Å²) < 4.78 is 26.7. The summed E-state index contributed by atoms with van der Waals surface area (Å²) in [6, 6.07) is 8.16. The van der Waals surface area contributed by atoms with Crippen molar-refractivity contribution in [3.8, 4) is 23.3 Å². The van der Waals surface area contributed by atoms with Crippen LogP contribution in [0, 0.1) is 41.2 Å². The molecule has 92 valence electrons. The second-order valence-electron chi connectivity index (χ2n) is 3.86. The van der Waals surface area contributed by atoms with Crippen LogP contribution in [0.15, 0.2) is 24.3 Å². The molecule has 1 aromatic carbocycles. The molecule has 5 heteroatoms. The maximum atomic E-state index is 13.8. The van der Waals surface area contributed by atoms with Gasteiger partial charge in [0.25, 0.3) is 0 Å². The second-order valence-corrected chi connectivity index (χ2v) is 3.86. The molecule has 0 fully saturated rings. The van der Waals surface area contributed by atoms with Crippen molar-refractivity contribution in [2.24, 2.45) is 0 Å². The van der Waals surface area contributed by atoms with Crippen molar-refractivity contribution in [3.63, 3.8) is 0 Å². The van der Waals surface area contributed by atoms with Crippen LogP contribution in [0.2, 0.25) is 0 Å². The number of nitriles is 2. The summed E-state index contributed by atoms with van der Waals surface area (Å²) >= 11 is 0. The highest BCUT2D eigenvalue weighted by Crippen LogP contribution is 2.28. The predicted octanol–water partition coefficient (Wildman–Crippen LogP) is 3.08. The molecule has 0 radical (unpaired) electrons. The van der Waals surface area contributed by atoms with E-state index in [0.29, 0.717) is 5.69 Å². The second kappa shape index (κ2) is 4.83. The van der Waals surface area contributed by atoms with Gasteiger partial charge in [-0.2, -0.15) is 10.5 Å². The first-order chi connectivity index (χ1) is 9.06. The monoisotopic (exact) mass is 255 g/mol. The molecule has 0 saturated heterocycles. The van der Waals surface area contributed by atoms with Gasteiger partial charge in [0, 0.05) is 17.2 Å². The third-order valence-corrected chi connectivity index (χ3v) is 2.65. The summed E-state index contributed by atoms with van der Waals surface area (Å²) in [6.07, 6.45) is 0. The molecule has 2 rings (SSSR count). The van der Waals surface area contributed by atoms with Crippen molar-refractivity contribution >= 4 is 0 Å². The summed E-state index contributed by atoms with van der Waals surface area (Å²) in [7, 11) is 0. The topological polar surface area (TPSA) is 60.5 Å². The van der Waals surface area contributed by atoms with Crippen molar-refractivity contribution in [3.05, 3.63) is 52.9 Å². The maximum Gasteiger partial charge on any atom is 0.141 e. The molecule has 1 aromatic heterocycles. The quantitative estimate of drug-likeness (QED) is 0.786. The van der Waals surface area contributed by atoms with Crippen molar-refractivity contribution in [2.45, 2.75) is 6.92 Å². The maximum absolute atomic E-state index is 13.8. The fourth-order valence-electron chi connectivity index (χ4n) is 1.79. The Bertz CT molecular complexity index is 740. The highest BCUT2D eigenvalue weighted by Gasteiger charge is 2.15. The molecule has 2 aromatic rings. The van der Waals surface area contributed by atoms with Gasteiger partial charge in [0.05, 0.1) is 11.3 Å². The molecule has 0 saturated carbocycles. The number of pyridine rings is 1. The van der Waals surface area contributed by atoms with Crippen LogP contribution >= 0.6 is 0 Å². The van der Waals surface area contributed by atoms with Crippen LogP contribution in [-0.4, -0.2) is 4.98 Å². The Kier molecular flexibility index (Phi) is 3.22. The Morgan fingerprint density at radius 1 is 1.05 bits per heavy atom. The minimum Gasteiger partial charge on any atom is -0.241 e. The lowest BCUT2D eigenvalue weighted by atomic mass is 9.98. The van der Waals surface area contributed by atoms with E-state index in [1.54, 1.807) is 6.92 Å². The number of hydrogen-bond acceptors (Lipinski definition) is 3. The van der Waals surface area contributed by atoms with Gasteiger partial charge in [-0.15, -0.1) is 0 Å². The minimum absolute atomic E-state index is 0.0694. The van der Waals surface area contributed by atoms with Gasteiger partial charge in [-0.25, -0.2) is 13.8 Å². The van der Waals surface area contributed by atoms with Gasteiger partial charge in [-0.05, 0) is 25.1 Å². The Morgan fingerprint density at radius 3 is 2.37 bits per heavy atom. The summed E-state index contributed by atoms with van der Waals surface area (Å²) in [5.41, 5.74) is 0.893. The fourth-order valence-corrected chi connectivity index (χ4v) is 1.79. The van der Waals surface area contributed by atoms with Gasteiger partial charge < -0.3 is 0 Å². The van der Waals surface area contributed by atoms with E-state index >= 15 is 0 Å². The first-order valence-electron chi connectivity index (χ1n) is 5.34. The third-order valence-electron chi connectivity index (χ3n) is 2.65. The van der Waals surface area contributed by atoms with Gasteiger partial charge in [-0.3, -0.25) is 0 Å². The standard InChI is InChI=1S/C14H7F2N3/c1-8-13(7-18)12(5-10(6-17)19-8)11-3-2-9(15)4-14(11)16/h2-5H,1H3. The van der Waals surface area contributed by atoms with Gasteiger partial charge >= 0.3 is 0 Å². The molecular formula is C14H7F2N3. The lowest BCUT2D eigenvalue weighted by Gasteiger charge is -2.08. The van der Waals surface area contributed by atoms with E-state index in [9.17, 15) is 8.78 Å². The third kappa shape index (κ3) is 2.27. The van der Waals surface area contributed by atoms with Crippen LogP contribution in [0.1, 0.15) is 17.0 Å². The molecular weight excluding hydrogens is 248 g/mol. The highest BCUT2D eigenvalue weighted by molar-refractivity contribution is 5.72. The van der Waals surface area contributed by atoms with Crippen LogP contribution in [0.3, 0.4) is 0 Å². The van der Waals surface area contributed by atoms with Crippen LogP contribution in [0.25, 0.3) is 11.1 Å². The number of aryl methyl sites for hydroxylation is 1. The average molecular weight is 255 g/mol. The molecule has 0 bridgehead atoms. The zero-order valence-electron chi connectivity index (χ0n) is 9.91. The Balaban J connectivity index is 2.78. The molecule has 1 heterocycles. The molecule has 0 aliphatic carbocycles. The van der Waals surface area contributed by atoms with Gasteiger partial charge in [0.15, 0.2) is 0 Å². The lowest BCUT2D eigenvalue weighted by molar-refractivity contribution is 0.585. The predicted molar refractivity (Wildman–Crippen MR) is 63.8 cm³/mol. The summed E-state index contributed by atoms with van der Waals surface area (Å²) in [6.45, 7) is 1.56. The van der Waals surface area contributed by atoms with E-state index in [4.69, 9.17) is 10.5 Å². The van der Waals surface area contributed by atoms with Crippen molar-refractivity contribution in [2.75, 3.05) is 0 Å². The zero-order valence-corrected chi connectivity index (χ0v) is 9.91. The van der Waals surface area contributed by atoms with E-state index in [1.807, 2.05) is 12.1 Å². The van der Waals surface area contributed by atoms with Crippen LogP contribution in [0.4, 0.5) is 8.78 Å². The zero-order chi connectivity index (χ0) is 14.0. The summed E-state index contributed by atoms with van der Waals surface area (Å²) in [5, 5.41) is 18.0. The molecule has 0 atom stereocenters. The molecule has 0 spiro atoms. The molecule has 0 unspecified atom stereocenters. The van der Waals surface area contributed by atoms with Crippen LogP contribution < -0.4 is 0 Å². The molecule has 0 aliphatic heterocycles. The number of rotatable bonds is 1. The van der Waals surface area contributed by atoms with Crippen molar-refractivity contribution in [1.82, 2.24) is 4.98 Å². The normalized spacial score (nSPS) is 9.74. The first kappa shape index (κ1) is 12.7. The SMILES string of the molecule is Cc1nc(C#N)cc(-c2ccc(F)cc2F)c1C#N. The van der Waals surface area contributed by atoms with Gasteiger partial charge in [0.2, 0.25) is 0 Å². The summed E-state index contributed by atoms with van der Waals surface area (Å²) in [4.78, 5) is 3.92. The van der Waals surface area contributed by atoms with E-state index < -0.39 is 11.6 Å². The van der Waals surface area contributed by atoms with E-state index in [1.165, 1.54) is 12.1 Å². The highest BCUT2D eigenvalue weighted by atomic mass is 19.1. The van der Waals surface area contributed by atoms with Gasteiger partial charge in [-0.1, -0.05) is 0 Å². The molecule has 19 heavy (non-hydrogen) atoms. The molecule has 0 aliphatic rings. The summed E-state index contributed by atoms with van der Waals surface area (Å²) in [5.74, 6) is -1.49. The average Bonchev–Trinajstić information content (AvgIpc) is 2.37. The van der Waals surface area contributed by atoms with Crippen molar-refractivity contribution in [1.29, 1.82) is 10.5 Å². The Hall–Kier alpha value is -2.79. The number of hydrogen-bond donors (Lipinski definition) is 0. The minimum atomic E-state index is -0.786. The van der Waals surface area contributed by atoms with Crippen LogP contribution in [-0.2, 0) is 0 Å². The fraction of sp³-hybridized carbons (Fsp3) is 0.0714. The first-order valence-corrected chi connectivity index (χ1v) is 5.34. The van der Waals surface area contributed by atoms with E-state index in [-0.39, 0.29) is 22.4 Å². The molecule has 3 nitrogen and oxygen atoms in total. The van der Waals surface area contributed by atoms with Crippen LogP contribution in [0.5, 0.6) is 0 Å². The van der Waals surface area contributed by atoms with E-state index in [2.05, 4.69) is 4.98 Å².